The number of hydrogen-bond acceptors (Lipinski definition) is 5. The monoisotopic (exact) mass is 376 g/mol. The minimum absolute atomic E-state index is 0.0281. The lowest BCUT2D eigenvalue weighted by Crippen LogP contribution is -2.15. The molecular formula is C21H16N2O5. The summed E-state index contributed by atoms with van der Waals surface area (Å²) in [7, 11) is 1.59. The summed E-state index contributed by atoms with van der Waals surface area (Å²) < 4.78 is 12.0. The lowest BCUT2D eigenvalue weighted by atomic mass is 10.0. The van der Waals surface area contributed by atoms with Crippen molar-refractivity contribution in [3.05, 3.63) is 93.0 Å². The van der Waals surface area contributed by atoms with E-state index < -0.39 is 10.7 Å². The van der Waals surface area contributed by atoms with Crippen LogP contribution in [0, 0.1) is 10.1 Å². The number of fused-ring (bicyclic) bond motifs is 1. The molecule has 0 fully saturated rings. The van der Waals surface area contributed by atoms with Crippen molar-refractivity contribution >= 4 is 16.8 Å². The molecule has 0 radical (unpaired) electrons. The molecule has 140 valence electrons. The smallest absolute Gasteiger partial charge is 0.420 e. The molecule has 0 atom stereocenters. The van der Waals surface area contributed by atoms with Gasteiger partial charge in [-0.2, -0.15) is 0 Å². The lowest BCUT2D eigenvalue weighted by molar-refractivity contribution is -0.384. The van der Waals surface area contributed by atoms with E-state index in [0.29, 0.717) is 28.0 Å². The maximum absolute atomic E-state index is 12.5. The van der Waals surface area contributed by atoms with Gasteiger partial charge in [0.05, 0.1) is 29.7 Å². The van der Waals surface area contributed by atoms with Crippen molar-refractivity contribution in [2.45, 2.75) is 6.54 Å². The first-order valence-corrected chi connectivity index (χ1v) is 8.57. The van der Waals surface area contributed by atoms with Crippen molar-refractivity contribution in [2.24, 2.45) is 0 Å². The Balaban J connectivity index is 1.90. The lowest BCUT2D eigenvalue weighted by Gasteiger charge is -2.09. The van der Waals surface area contributed by atoms with Crippen LogP contribution in [0.5, 0.6) is 5.75 Å². The van der Waals surface area contributed by atoms with E-state index in [1.54, 1.807) is 43.5 Å². The second-order valence-corrected chi connectivity index (χ2v) is 6.23. The molecule has 0 N–H and O–H groups in total. The molecule has 28 heavy (non-hydrogen) atoms. The fourth-order valence-corrected chi connectivity index (χ4v) is 3.26. The van der Waals surface area contributed by atoms with E-state index >= 15 is 0 Å². The Labute approximate surface area is 159 Å². The molecule has 0 aliphatic heterocycles. The standard InChI is InChI=1S/C21H16N2O5/c1-27-15-11-9-14(10-12-15)13-22-20-17(6-4-8-19(20)28-21(22)24)16-5-2-3-7-18(16)23(25)26/h2-12H,13H2,1H3. The zero-order valence-corrected chi connectivity index (χ0v) is 15.0. The Bertz CT molecular complexity index is 1220. The molecule has 3 aromatic carbocycles. The highest BCUT2D eigenvalue weighted by molar-refractivity contribution is 5.94. The number of benzene rings is 3. The number of para-hydroxylation sites is 2. The van der Waals surface area contributed by atoms with Gasteiger partial charge < -0.3 is 9.15 Å². The van der Waals surface area contributed by atoms with Crippen molar-refractivity contribution < 1.29 is 14.1 Å². The van der Waals surface area contributed by atoms with Crippen LogP contribution in [0.4, 0.5) is 5.69 Å². The van der Waals surface area contributed by atoms with Crippen molar-refractivity contribution in [3.63, 3.8) is 0 Å². The number of nitrogens with zero attached hydrogens (tertiary/aromatic N) is 2. The van der Waals surface area contributed by atoms with E-state index in [1.807, 2.05) is 24.3 Å². The summed E-state index contributed by atoms with van der Waals surface area (Å²) in [6, 6.07) is 18.9. The minimum atomic E-state index is -0.517. The predicted molar refractivity (Wildman–Crippen MR) is 105 cm³/mol. The Morgan fingerprint density at radius 3 is 2.43 bits per heavy atom. The third kappa shape index (κ3) is 3.03. The van der Waals surface area contributed by atoms with E-state index in [1.165, 1.54) is 10.6 Å². The molecule has 0 unspecified atom stereocenters. The number of aromatic nitrogens is 1. The SMILES string of the molecule is COc1ccc(Cn2c(=O)oc3cccc(-c4ccccc4[N+](=O)[O-])c32)cc1. The summed E-state index contributed by atoms with van der Waals surface area (Å²) in [6.07, 6.45) is 0. The third-order valence-electron chi connectivity index (χ3n) is 4.58. The van der Waals surface area contributed by atoms with Gasteiger partial charge in [-0.3, -0.25) is 14.7 Å². The van der Waals surface area contributed by atoms with Crippen LogP contribution < -0.4 is 10.5 Å². The van der Waals surface area contributed by atoms with Crippen LogP contribution >= 0.6 is 0 Å². The molecule has 7 heteroatoms. The topological polar surface area (TPSA) is 87.5 Å². The summed E-state index contributed by atoms with van der Waals surface area (Å²) in [5.41, 5.74) is 2.76. The van der Waals surface area contributed by atoms with Crippen LogP contribution in [0.2, 0.25) is 0 Å². The van der Waals surface area contributed by atoms with Gasteiger partial charge >= 0.3 is 5.76 Å². The normalized spacial score (nSPS) is 10.9. The molecule has 1 aromatic heterocycles. The van der Waals surface area contributed by atoms with Crippen molar-refractivity contribution in [1.82, 2.24) is 4.57 Å². The molecule has 0 saturated carbocycles. The number of nitro groups is 1. The Kier molecular flexibility index (Phi) is 4.41. The minimum Gasteiger partial charge on any atom is -0.497 e. The van der Waals surface area contributed by atoms with Crippen molar-refractivity contribution in [1.29, 1.82) is 0 Å². The molecule has 0 spiro atoms. The molecule has 4 rings (SSSR count). The molecule has 0 aliphatic rings. The van der Waals surface area contributed by atoms with Crippen molar-refractivity contribution in [2.75, 3.05) is 7.11 Å². The van der Waals surface area contributed by atoms with Crippen LogP contribution in [-0.4, -0.2) is 16.6 Å². The van der Waals surface area contributed by atoms with E-state index in [9.17, 15) is 14.9 Å². The van der Waals surface area contributed by atoms with E-state index in [0.717, 1.165) is 5.56 Å². The first-order chi connectivity index (χ1) is 13.6. The summed E-state index contributed by atoms with van der Waals surface area (Å²) >= 11 is 0. The van der Waals surface area contributed by atoms with Gasteiger partial charge in [-0.25, -0.2) is 4.79 Å². The van der Waals surface area contributed by atoms with Gasteiger partial charge in [0.1, 0.15) is 5.75 Å². The zero-order valence-electron chi connectivity index (χ0n) is 15.0. The molecule has 0 bridgehead atoms. The highest BCUT2D eigenvalue weighted by Gasteiger charge is 2.20. The number of rotatable bonds is 5. The summed E-state index contributed by atoms with van der Waals surface area (Å²) in [4.78, 5) is 23.6. The van der Waals surface area contributed by atoms with E-state index in [4.69, 9.17) is 9.15 Å². The fourth-order valence-electron chi connectivity index (χ4n) is 3.26. The first kappa shape index (κ1) is 17.5. The highest BCUT2D eigenvalue weighted by atomic mass is 16.6. The summed E-state index contributed by atoms with van der Waals surface area (Å²) in [5, 5.41) is 11.5. The van der Waals surface area contributed by atoms with Gasteiger partial charge in [0.2, 0.25) is 0 Å². The molecule has 4 aromatic rings. The largest absolute Gasteiger partial charge is 0.497 e. The van der Waals surface area contributed by atoms with Crippen molar-refractivity contribution in [3.8, 4) is 16.9 Å². The van der Waals surface area contributed by atoms with Crippen LogP contribution in [0.1, 0.15) is 5.56 Å². The van der Waals surface area contributed by atoms with Crippen LogP contribution in [0.25, 0.3) is 22.2 Å². The first-order valence-electron chi connectivity index (χ1n) is 8.57. The Morgan fingerprint density at radius 2 is 1.71 bits per heavy atom. The zero-order chi connectivity index (χ0) is 19.7. The average molecular weight is 376 g/mol. The Morgan fingerprint density at radius 1 is 1.00 bits per heavy atom. The van der Waals surface area contributed by atoms with Gasteiger partial charge in [0, 0.05) is 11.6 Å². The number of oxazole rings is 1. The fraction of sp³-hybridized carbons (Fsp3) is 0.0952. The maximum Gasteiger partial charge on any atom is 0.420 e. The third-order valence-corrected chi connectivity index (χ3v) is 4.58. The molecule has 7 nitrogen and oxygen atoms in total. The van der Waals surface area contributed by atoms with Gasteiger partial charge in [0.15, 0.2) is 5.58 Å². The molecule has 0 aliphatic carbocycles. The van der Waals surface area contributed by atoms with Crippen LogP contribution in [-0.2, 0) is 6.54 Å². The highest BCUT2D eigenvalue weighted by Crippen LogP contribution is 2.34. The van der Waals surface area contributed by atoms with E-state index in [2.05, 4.69) is 0 Å². The average Bonchev–Trinajstić information content (AvgIpc) is 3.03. The Hall–Kier alpha value is -3.87. The molecule has 1 heterocycles. The second kappa shape index (κ2) is 7.03. The molecular weight excluding hydrogens is 360 g/mol. The number of ether oxygens (including phenoxy) is 1. The second-order valence-electron chi connectivity index (χ2n) is 6.23. The van der Waals surface area contributed by atoms with Crippen LogP contribution in [0.3, 0.4) is 0 Å². The summed E-state index contributed by atoms with van der Waals surface area (Å²) in [5.74, 6) is 0.200. The predicted octanol–water partition coefficient (Wildman–Crippen LogP) is 4.23. The van der Waals surface area contributed by atoms with Gasteiger partial charge in [0.25, 0.3) is 5.69 Å². The number of nitro benzene ring substituents is 1. The van der Waals surface area contributed by atoms with E-state index in [-0.39, 0.29) is 12.2 Å². The molecule has 0 saturated heterocycles. The quantitative estimate of drug-likeness (QED) is 0.384. The number of methoxy groups -OCH3 is 1. The van der Waals surface area contributed by atoms with Gasteiger partial charge in [-0.15, -0.1) is 0 Å². The number of hydrogen-bond donors (Lipinski definition) is 0. The van der Waals surface area contributed by atoms with Gasteiger partial charge in [-0.1, -0.05) is 36.4 Å². The maximum atomic E-state index is 12.5. The van der Waals surface area contributed by atoms with Gasteiger partial charge in [-0.05, 0) is 29.8 Å². The van der Waals surface area contributed by atoms with Crippen LogP contribution in [0.15, 0.2) is 75.9 Å². The molecule has 0 amide bonds. The summed E-state index contributed by atoms with van der Waals surface area (Å²) in [6.45, 7) is 0.271.